The molecule has 0 fully saturated rings. The predicted molar refractivity (Wildman–Crippen MR) is 63.5 cm³/mol. The van der Waals surface area contributed by atoms with E-state index >= 15 is 0 Å². The first kappa shape index (κ1) is 16.1. The zero-order valence-electron chi connectivity index (χ0n) is 9.85. The van der Waals surface area contributed by atoms with Crippen molar-refractivity contribution in [2.24, 2.45) is 5.73 Å². The number of rotatable bonds is 4. The Morgan fingerprint density at radius 1 is 1.50 bits per heavy atom. The molecule has 1 aromatic rings. The van der Waals surface area contributed by atoms with Gasteiger partial charge in [0.05, 0.1) is 17.4 Å². The Bertz CT molecular complexity index is 596. The maximum atomic E-state index is 12.6. The lowest BCUT2D eigenvalue weighted by Crippen LogP contribution is -2.22. The van der Waals surface area contributed by atoms with Gasteiger partial charge < -0.3 is 10.3 Å². The van der Waals surface area contributed by atoms with Crippen LogP contribution in [0.5, 0.6) is 0 Å². The van der Waals surface area contributed by atoms with Crippen molar-refractivity contribution in [3.05, 3.63) is 34.9 Å². The number of carbonyl (C=O) groups is 1. The number of hydrogen-bond donors (Lipinski definition) is 2. The first-order chi connectivity index (χ1) is 9.16. The minimum absolute atomic E-state index is 0.101. The Morgan fingerprint density at radius 2 is 2.10 bits per heavy atom. The average molecular weight is 306 g/mol. The number of primary amides is 1. The molecule has 20 heavy (non-hydrogen) atoms. The van der Waals surface area contributed by atoms with E-state index in [1.807, 2.05) is 0 Å². The molecule has 0 aromatic heterocycles. The van der Waals surface area contributed by atoms with E-state index in [9.17, 15) is 22.2 Å². The van der Waals surface area contributed by atoms with Gasteiger partial charge in [0, 0.05) is 0 Å². The Morgan fingerprint density at radius 3 is 2.50 bits per heavy atom. The third-order valence-electron chi connectivity index (χ3n) is 2.47. The summed E-state index contributed by atoms with van der Waals surface area (Å²) in [6.45, 7) is 0. The molecule has 108 valence electrons. The Hall–Kier alpha value is -1.92. The summed E-state index contributed by atoms with van der Waals surface area (Å²) in [7, 11) is 0. The maximum Gasteiger partial charge on any atom is 0.416 e. The molecule has 1 rings (SSSR count). The first-order valence-corrected chi connectivity index (χ1v) is 6.40. The van der Waals surface area contributed by atoms with Gasteiger partial charge in [0.25, 0.3) is 0 Å². The molecule has 5 nitrogen and oxygen atoms in total. The van der Waals surface area contributed by atoms with Crippen LogP contribution in [-0.4, -0.2) is 14.7 Å². The fourth-order valence-electron chi connectivity index (χ4n) is 1.61. The Kier molecular flexibility index (Phi) is 4.86. The highest BCUT2D eigenvalue weighted by atomic mass is 32.2. The smallest absolute Gasteiger partial charge is 0.368 e. The van der Waals surface area contributed by atoms with Crippen LogP contribution in [0.4, 0.5) is 13.2 Å². The topological polar surface area (TPSA) is 104 Å². The summed E-state index contributed by atoms with van der Waals surface area (Å²) in [4.78, 5) is 11.1. The second kappa shape index (κ2) is 6.02. The van der Waals surface area contributed by atoms with Gasteiger partial charge >= 0.3 is 6.18 Å². The largest absolute Gasteiger partial charge is 0.416 e. The first-order valence-electron chi connectivity index (χ1n) is 5.13. The van der Waals surface area contributed by atoms with Crippen LogP contribution in [-0.2, 0) is 27.8 Å². The van der Waals surface area contributed by atoms with Crippen molar-refractivity contribution in [2.45, 2.75) is 17.8 Å². The monoisotopic (exact) mass is 306 g/mol. The van der Waals surface area contributed by atoms with Gasteiger partial charge in [-0.2, -0.15) is 18.4 Å². The fraction of sp³-hybridized carbons (Fsp3) is 0.273. The SMILES string of the molecule is N#CC(C(N)=O)c1ccc(C(F)(F)F)cc1CS(=O)O. The zero-order valence-corrected chi connectivity index (χ0v) is 10.7. The summed E-state index contributed by atoms with van der Waals surface area (Å²) in [5.41, 5.74) is 3.62. The van der Waals surface area contributed by atoms with Crippen LogP contribution < -0.4 is 5.73 Å². The van der Waals surface area contributed by atoms with E-state index in [1.165, 1.54) is 0 Å². The molecule has 0 saturated carbocycles. The van der Waals surface area contributed by atoms with E-state index < -0.39 is 40.4 Å². The van der Waals surface area contributed by atoms with Crippen molar-refractivity contribution in [1.29, 1.82) is 5.26 Å². The third-order valence-corrected chi connectivity index (χ3v) is 3.03. The number of halogens is 3. The van der Waals surface area contributed by atoms with E-state index in [4.69, 9.17) is 15.5 Å². The molecule has 0 aliphatic heterocycles. The van der Waals surface area contributed by atoms with Crippen molar-refractivity contribution in [1.82, 2.24) is 0 Å². The minimum Gasteiger partial charge on any atom is -0.368 e. The maximum absolute atomic E-state index is 12.6. The van der Waals surface area contributed by atoms with Gasteiger partial charge in [-0.05, 0) is 23.3 Å². The lowest BCUT2D eigenvalue weighted by molar-refractivity contribution is -0.137. The van der Waals surface area contributed by atoms with Crippen LogP contribution in [0, 0.1) is 11.3 Å². The lowest BCUT2D eigenvalue weighted by atomic mass is 9.93. The molecular formula is C11H9F3N2O3S. The molecule has 3 N–H and O–H groups in total. The highest BCUT2D eigenvalue weighted by molar-refractivity contribution is 7.78. The van der Waals surface area contributed by atoms with Crippen LogP contribution in [0.2, 0.25) is 0 Å². The number of nitriles is 1. The van der Waals surface area contributed by atoms with Gasteiger partial charge in [0.1, 0.15) is 5.92 Å². The third kappa shape index (κ3) is 3.79. The number of nitrogens with zero attached hydrogens (tertiary/aromatic N) is 1. The molecule has 9 heteroatoms. The number of alkyl halides is 3. The zero-order chi connectivity index (χ0) is 15.5. The highest BCUT2D eigenvalue weighted by Crippen LogP contribution is 2.32. The van der Waals surface area contributed by atoms with Crippen molar-refractivity contribution in [3.8, 4) is 6.07 Å². The van der Waals surface area contributed by atoms with Gasteiger partial charge in [0.15, 0.2) is 11.1 Å². The van der Waals surface area contributed by atoms with Gasteiger partial charge in [0.2, 0.25) is 5.91 Å². The molecule has 1 amide bonds. The molecule has 0 heterocycles. The molecule has 0 spiro atoms. The quantitative estimate of drug-likeness (QED) is 0.823. The van der Waals surface area contributed by atoms with E-state index in [0.717, 1.165) is 6.07 Å². The van der Waals surface area contributed by atoms with Crippen molar-refractivity contribution in [3.63, 3.8) is 0 Å². The molecule has 0 aliphatic rings. The fourth-order valence-corrected chi connectivity index (χ4v) is 2.12. The van der Waals surface area contributed by atoms with Crippen LogP contribution >= 0.6 is 0 Å². The number of hydrogen-bond acceptors (Lipinski definition) is 3. The number of amides is 1. The molecule has 2 unspecified atom stereocenters. The second-order valence-electron chi connectivity index (χ2n) is 3.84. The summed E-state index contributed by atoms with van der Waals surface area (Å²) in [6, 6.07) is 3.80. The number of nitrogens with two attached hydrogens (primary N) is 1. The van der Waals surface area contributed by atoms with Crippen LogP contribution in [0.25, 0.3) is 0 Å². The summed E-state index contributed by atoms with van der Waals surface area (Å²) in [6.07, 6.45) is -4.64. The van der Waals surface area contributed by atoms with E-state index in [-0.39, 0.29) is 11.1 Å². The van der Waals surface area contributed by atoms with Crippen LogP contribution in [0.1, 0.15) is 22.6 Å². The van der Waals surface area contributed by atoms with Crippen molar-refractivity contribution < 1.29 is 26.7 Å². The number of benzene rings is 1. The van der Waals surface area contributed by atoms with Crippen LogP contribution in [0.3, 0.4) is 0 Å². The van der Waals surface area contributed by atoms with Crippen molar-refractivity contribution >= 4 is 17.0 Å². The van der Waals surface area contributed by atoms with Gasteiger partial charge in [-0.3, -0.25) is 4.79 Å². The average Bonchev–Trinajstić information content (AvgIpc) is 2.29. The van der Waals surface area contributed by atoms with Crippen LogP contribution in [0.15, 0.2) is 18.2 Å². The van der Waals surface area contributed by atoms with E-state index in [2.05, 4.69) is 0 Å². The summed E-state index contributed by atoms with van der Waals surface area (Å²) in [5, 5.41) is 8.83. The summed E-state index contributed by atoms with van der Waals surface area (Å²) < 4.78 is 57.4. The van der Waals surface area contributed by atoms with Gasteiger partial charge in [-0.15, -0.1) is 0 Å². The Balaban J connectivity index is 3.41. The standard InChI is InChI=1S/C11H9F3N2O3S/c12-11(13,14)7-1-2-8(9(4-15)10(16)17)6(3-7)5-20(18)19/h1-3,9H,5H2,(H2,16,17)(H,18,19). The van der Waals surface area contributed by atoms with Gasteiger partial charge in [-0.1, -0.05) is 6.07 Å². The predicted octanol–water partition coefficient (Wildman–Crippen LogP) is 1.52. The minimum atomic E-state index is -4.64. The molecule has 1 aromatic carbocycles. The highest BCUT2D eigenvalue weighted by Gasteiger charge is 2.32. The molecule has 2 atom stereocenters. The van der Waals surface area contributed by atoms with Gasteiger partial charge in [-0.25, -0.2) is 4.21 Å². The normalized spacial score (nSPS) is 14.3. The molecule has 0 saturated heterocycles. The molecular weight excluding hydrogens is 297 g/mol. The number of carbonyl (C=O) groups excluding carboxylic acids is 1. The second-order valence-corrected chi connectivity index (χ2v) is 4.77. The Labute approximate surface area is 114 Å². The summed E-state index contributed by atoms with van der Waals surface area (Å²) in [5.74, 6) is -3.15. The van der Waals surface area contributed by atoms with E-state index in [1.54, 1.807) is 6.07 Å². The molecule has 0 bridgehead atoms. The molecule has 0 radical (unpaired) electrons. The lowest BCUT2D eigenvalue weighted by Gasteiger charge is -2.14. The van der Waals surface area contributed by atoms with E-state index in [0.29, 0.717) is 12.1 Å². The molecule has 0 aliphatic carbocycles. The summed E-state index contributed by atoms with van der Waals surface area (Å²) >= 11 is -2.42. The van der Waals surface area contributed by atoms with Crippen molar-refractivity contribution in [2.75, 3.05) is 0 Å².